The molecule has 10 nitrogen and oxygen atoms in total. The first-order valence-corrected chi connectivity index (χ1v) is 19.7. The summed E-state index contributed by atoms with van der Waals surface area (Å²) in [6.45, 7) is 8.25. The van der Waals surface area contributed by atoms with Gasteiger partial charge in [-0.05, 0) is 82.6 Å². The molecule has 2 fully saturated rings. The number of allylic oxidation sites excluding steroid dienone is 2. The molecule has 13 heteroatoms. The average Bonchev–Trinajstić information content (AvgIpc) is 3.81. The van der Waals surface area contributed by atoms with E-state index in [1.165, 1.54) is 0 Å². The van der Waals surface area contributed by atoms with Gasteiger partial charge in [0.05, 0.1) is 45.7 Å². The molecule has 1 unspecified atom stereocenters. The Morgan fingerprint density at radius 2 is 1.67 bits per heavy atom. The number of thiazole rings is 1. The van der Waals surface area contributed by atoms with Gasteiger partial charge >= 0.3 is 5.97 Å². The molecule has 1 atom stereocenters. The Hall–Kier alpha value is -4.39. The Morgan fingerprint density at radius 3 is 2.41 bits per heavy atom. The van der Waals surface area contributed by atoms with Gasteiger partial charge in [-0.3, -0.25) is 19.4 Å². The normalized spacial score (nSPS) is 17.1. The van der Waals surface area contributed by atoms with E-state index < -0.39 is 5.97 Å². The molecule has 54 heavy (non-hydrogen) atoms. The number of nitrogens with one attached hydrogen (secondary N) is 1. The zero-order chi connectivity index (χ0) is 37.9. The van der Waals surface area contributed by atoms with Crippen LogP contribution in [0.4, 0.5) is 11.5 Å². The molecule has 2 aliphatic heterocycles. The Labute approximate surface area is 328 Å². The van der Waals surface area contributed by atoms with Crippen LogP contribution in [0, 0.1) is 18.8 Å². The third kappa shape index (κ3) is 8.01. The van der Waals surface area contributed by atoms with Crippen LogP contribution in [0.15, 0.2) is 66.9 Å². The van der Waals surface area contributed by atoms with Gasteiger partial charge in [-0.2, -0.15) is 0 Å². The number of aryl methyl sites for hydroxylation is 1. The van der Waals surface area contributed by atoms with Crippen molar-refractivity contribution >= 4 is 68.0 Å². The number of hydrogen-bond acceptors (Lipinski definition) is 10. The van der Waals surface area contributed by atoms with Gasteiger partial charge in [0.15, 0.2) is 11.6 Å². The number of carbonyl (C=O) groups is 2. The summed E-state index contributed by atoms with van der Waals surface area (Å²) in [6, 6.07) is 15.6. The molecule has 0 bridgehead atoms. The second-order valence-electron chi connectivity index (χ2n) is 13.9. The summed E-state index contributed by atoms with van der Waals surface area (Å²) in [5, 5.41) is 14.7. The number of fused-ring (bicyclic) bond motifs is 1. The van der Waals surface area contributed by atoms with E-state index in [-0.39, 0.29) is 17.6 Å². The lowest BCUT2D eigenvalue weighted by Crippen LogP contribution is -2.35. The topological polar surface area (TPSA) is 121 Å². The fraction of sp³-hybridized carbons (Fsp3) is 0.341. The van der Waals surface area contributed by atoms with E-state index in [2.05, 4.69) is 27.0 Å². The largest absolute Gasteiger partial charge is 0.481 e. The predicted molar refractivity (Wildman–Crippen MR) is 216 cm³/mol. The van der Waals surface area contributed by atoms with Crippen molar-refractivity contribution in [2.75, 3.05) is 38.6 Å². The number of aromatic nitrogens is 3. The molecule has 2 aliphatic rings. The van der Waals surface area contributed by atoms with E-state index in [4.69, 9.17) is 37.9 Å². The monoisotopic (exact) mass is 784 g/mol. The summed E-state index contributed by atoms with van der Waals surface area (Å²) in [4.78, 5) is 42.9. The summed E-state index contributed by atoms with van der Waals surface area (Å²) in [6.07, 6.45) is 7.37. The second-order valence-corrected chi connectivity index (χ2v) is 15.8. The Kier molecular flexibility index (Phi) is 11.6. The second kappa shape index (κ2) is 16.5. The lowest BCUT2D eigenvalue weighted by molar-refractivity contribution is -0.143. The van der Waals surface area contributed by atoms with Gasteiger partial charge in [-0.25, -0.2) is 15.0 Å². The number of benzene rings is 2. The number of aliphatic carboxylic acids is 1. The van der Waals surface area contributed by atoms with Crippen molar-refractivity contribution in [1.29, 1.82) is 0 Å². The maximum absolute atomic E-state index is 12.5. The molecule has 5 aromatic rings. The van der Waals surface area contributed by atoms with Gasteiger partial charge in [-0.1, -0.05) is 59.6 Å². The van der Waals surface area contributed by atoms with Crippen LogP contribution in [0.3, 0.4) is 0 Å². The van der Waals surface area contributed by atoms with Crippen LogP contribution in [0.25, 0.3) is 32.6 Å². The van der Waals surface area contributed by atoms with Crippen molar-refractivity contribution < 1.29 is 19.4 Å². The Balaban J connectivity index is 1.11. The van der Waals surface area contributed by atoms with Crippen molar-refractivity contribution in [3.05, 3.63) is 93.1 Å². The lowest BCUT2D eigenvalue weighted by atomic mass is 9.97. The predicted octanol–water partition coefficient (Wildman–Crippen LogP) is 9.05. The van der Waals surface area contributed by atoms with E-state index in [0.717, 1.165) is 69.1 Å². The number of nitrogens with zero attached hydrogens (tertiary/aromatic N) is 5. The van der Waals surface area contributed by atoms with E-state index >= 15 is 0 Å². The van der Waals surface area contributed by atoms with E-state index in [0.29, 0.717) is 65.6 Å². The highest BCUT2D eigenvalue weighted by Gasteiger charge is 2.29. The molecule has 3 aromatic heterocycles. The number of hydrogen-bond donors (Lipinski definition) is 2. The van der Waals surface area contributed by atoms with Crippen molar-refractivity contribution in [1.82, 2.24) is 24.8 Å². The minimum atomic E-state index is -0.712. The number of pyridine rings is 2. The fourth-order valence-corrected chi connectivity index (χ4v) is 9.00. The van der Waals surface area contributed by atoms with Gasteiger partial charge in [0.1, 0.15) is 10.5 Å². The molecule has 7 rings (SSSR count). The summed E-state index contributed by atoms with van der Waals surface area (Å²) in [5.74, 6) is 0.343. The number of likely N-dealkylation sites (tertiary alicyclic amines) is 2. The summed E-state index contributed by atoms with van der Waals surface area (Å²) in [5.41, 5.74) is 6.39. The summed E-state index contributed by atoms with van der Waals surface area (Å²) in [7, 11) is 1.63. The summed E-state index contributed by atoms with van der Waals surface area (Å²) >= 11 is 15.9. The van der Waals surface area contributed by atoms with Crippen molar-refractivity contribution in [3.8, 4) is 28.3 Å². The van der Waals surface area contributed by atoms with Crippen LogP contribution >= 0.6 is 34.5 Å². The third-order valence-corrected chi connectivity index (χ3v) is 12.2. The number of piperidine rings is 1. The number of carboxylic acid groups (broad SMARTS) is 1. The van der Waals surface area contributed by atoms with Gasteiger partial charge in [0.2, 0.25) is 5.88 Å². The quantitative estimate of drug-likeness (QED) is 0.119. The molecular weight excluding hydrogens is 743 g/mol. The van der Waals surface area contributed by atoms with Crippen LogP contribution in [-0.2, 0) is 22.7 Å². The lowest BCUT2D eigenvalue weighted by Gasteiger charge is -2.29. The fourth-order valence-electron chi connectivity index (χ4n) is 7.39. The maximum atomic E-state index is 12.5. The first-order valence-electron chi connectivity index (χ1n) is 18.1. The number of anilines is 2. The van der Waals surface area contributed by atoms with Gasteiger partial charge < -0.3 is 15.2 Å². The average molecular weight is 786 g/mol. The van der Waals surface area contributed by atoms with Crippen LogP contribution in [0.1, 0.15) is 42.3 Å². The minimum absolute atomic E-state index is 0.0134. The molecule has 2 saturated heterocycles. The standard InChI is InChI=1S/C41H42Cl2N6O4S/c1-4-7-33(50)26-15-19-49(21-26)22-30-24(2)20-32(46-40(30)53-3)29-10-5-8-27(36(29)42)28-9-6-11-31(37(28)43)45-39-38-34(12-16-44-39)54-35(47-38)23-48-17-13-25(14-18-48)41(51)52/h4-12,16,20,25-26H,13-15,17-19,21-23H2,1-3H3,(H,44,45)(H,51,52)/b7-4+. The van der Waals surface area contributed by atoms with Crippen molar-refractivity contribution in [3.63, 3.8) is 0 Å². The first-order chi connectivity index (χ1) is 26.1. The molecule has 2 aromatic carbocycles. The zero-order valence-electron chi connectivity index (χ0n) is 30.4. The van der Waals surface area contributed by atoms with E-state index in [9.17, 15) is 14.7 Å². The van der Waals surface area contributed by atoms with Gasteiger partial charge in [0, 0.05) is 47.5 Å². The number of carbonyl (C=O) groups excluding carboxylic acids is 1. The van der Waals surface area contributed by atoms with Gasteiger partial charge in [0.25, 0.3) is 0 Å². The number of halogens is 2. The van der Waals surface area contributed by atoms with Crippen LogP contribution in [0.2, 0.25) is 10.0 Å². The van der Waals surface area contributed by atoms with E-state index in [1.54, 1.807) is 36.8 Å². The number of carboxylic acids is 1. The summed E-state index contributed by atoms with van der Waals surface area (Å²) < 4.78 is 6.82. The maximum Gasteiger partial charge on any atom is 0.306 e. The SMILES string of the molecule is C/C=C/C(=O)C1CCN(Cc2c(C)cc(-c3cccc(-c4cccc(Nc5nccc6sc(CN7CCC(C(=O)O)CC7)nc56)c4Cl)c3Cl)nc2OC)C1. The Bertz CT molecular complexity index is 2240. The van der Waals surface area contributed by atoms with Crippen molar-refractivity contribution in [2.45, 2.75) is 46.2 Å². The molecule has 0 spiro atoms. The number of methoxy groups -OCH3 is 1. The Morgan fingerprint density at radius 1 is 0.963 bits per heavy atom. The molecule has 5 heterocycles. The van der Waals surface area contributed by atoms with Gasteiger partial charge in [-0.15, -0.1) is 11.3 Å². The molecule has 0 amide bonds. The first kappa shape index (κ1) is 37.9. The highest BCUT2D eigenvalue weighted by atomic mass is 35.5. The zero-order valence-corrected chi connectivity index (χ0v) is 32.8. The highest BCUT2D eigenvalue weighted by molar-refractivity contribution is 7.18. The number of ketones is 1. The van der Waals surface area contributed by atoms with Crippen LogP contribution in [0.5, 0.6) is 5.88 Å². The molecule has 0 saturated carbocycles. The third-order valence-electron chi connectivity index (χ3n) is 10.4. The molecule has 2 N–H and O–H groups in total. The number of ether oxygens (including phenoxy) is 1. The van der Waals surface area contributed by atoms with Crippen LogP contribution in [-0.4, -0.2) is 74.9 Å². The molecule has 0 aliphatic carbocycles. The number of rotatable bonds is 12. The molecular formula is C41H42Cl2N6O4S. The molecule has 0 radical (unpaired) electrons. The van der Waals surface area contributed by atoms with Crippen LogP contribution < -0.4 is 10.1 Å². The van der Waals surface area contributed by atoms with E-state index in [1.807, 2.05) is 55.5 Å². The molecule has 280 valence electrons. The smallest absolute Gasteiger partial charge is 0.306 e. The minimum Gasteiger partial charge on any atom is -0.481 e. The van der Waals surface area contributed by atoms with Crippen molar-refractivity contribution in [2.24, 2.45) is 11.8 Å². The highest BCUT2D eigenvalue weighted by Crippen LogP contribution is 2.43.